The fraction of sp³-hybridized carbons (Fsp3) is 0.0857. The minimum absolute atomic E-state index is 0.0255. The Labute approximate surface area is 263 Å². The number of benzene rings is 3. The predicted molar refractivity (Wildman–Crippen MR) is 170 cm³/mol. The van der Waals surface area contributed by atoms with E-state index in [0.29, 0.717) is 39.6 Å². The Morgan fingerprint density at radius 2 is 1.83 bits per heavy atom. The maximum absolute atomic E-state index is 15.6. The molecule has 46 heavy (non-hydrogen) atoms. The lowest BCUT2D eigenvalue weighted by atomic mass is 9.99. The number of carbonyl (C=O) groups is 1. The molecule has 1 amide bonds. The third-order valence-corrected chi connectivity index (χ3v) is 7.27. The highest BCUT2D eigenvalue weighted by atomic mass is 19.1. The van der Waals surface area contributed by atoms with E-state index >= 15 is 4.39 Å². The van der Waals surface area contributed by atoms with Crippen LogP contribution >= 0.6 is 0 Å². The Hall–Kier alpha value is -6.10. The summed E-state index contributed by atoms with van der Waals surface area (Å²) in [6.07, 6.45) is 6.54. The van der Waals surface area contributed by atoms with E-state index in [0.717, 1.165) is 0 Å². The first-order valence-electron chi connectivity index (χ1n) is 14.2. The van der Waals surface area contributed by atoms with Crippen LogP contribution in [0.2, 0.25) is 0 Å². The number of aromatic nitrogens is 3. The lowest BCUT2D eigenvalue weighted by molar-refractivity contribution is 0.0904. The molecule has 230 valence electrons. The summed E-state index contributed by atoms with van der Waals surface area (Å²) < 4.78 is 42.2. The average Bonchev–Trinajstić information content (AvgIpc) is 3.78. The summed E-state index contributed by atoms with van der Waals surface area (Å²) in [6.45, 7) is 0.212. The second kappa shape index (κ2) is 13.3. The molecule has 11 heteroatoms. The summed E-state index contributed by atoms with van der Waals surface area (Å²) in [4.78, 5) is 26.1. The second-order valence-corrected chi connectivity index (χ2v) is 10.3. The van der Waals surface area contributed by atoms with Crippen molar-refractivity contribution in [2.24, 2.45) is 10.7 Å². The summed E-state index contributed by atoms with van der Waals surface area (Å²) in [5.41, 5.74) is 9.31. The first kappa shape index (κ1) is 29.9. The van der Waals surface area contributed by atoms with E-state index in [-0.39, 0.29) is 29.5 Å². The third kappa shape index (κ3) is 6.68. The number of nitrogens with zero attached hydrogens (tertiary/aromatic N) is 4. The number of rotatable bonds is 10. The highest BCUT2D eigenvalue weighted by molar-refractivity contribution is 5.97. The van der Waals surface area contributed by atoms with Crippen LogP contribution in [0.3, 0.4) is 0 Å². The smallest absolute Gasteiger partial charge is 0.287 e. The second-order valence-electron chi connectivity index (χ2n) is 10.3. The van der Waals surface area contributed by atoms with Crippen molar-refractivity contribution in [3.05, 3.63) is 145 Å². The SMILES string of the molecule is COc1cc(N=C(N)c2ccccn2)ccc1-c1ccc(C(=O)N[C@@H](Cn2ccnc2)c2ccc(-c3ccc(F)cc3)cc2F)o1. The van der Waals surface area contributed by atoms with Crippen molar-refractivity contribution in [1.29, 1.82) is 0 Å². The number of ether oxygens (including phenoxy) is 1. The molecule has 6 rings (SSSR count). The minimum atomic E-state index is -0.770. The monoisotopic (exact) mass is 618 g/mol. The van der Waals surface area contributed by atoms with Gasteiger partial charge in [0, 0.05) is 36.8 Å². The van der Waals surface area contributed by atoms with Gasteiger partial charge in [0.25, 0.3) is 5.91 Å². The fourth-order valence-electron chi connectivity index (χ4n) is 4.96. The maximum Gasteiger partial charge on any atom is 0.287 e. The summed E-state index contributed by atoms with van der Waals surface area (Å²) in [5, 5.41) is 2.90. The van der Waals surface area contributed by atoms with Gasteiger partial charge in [0.15, 0.2) is 5.76 Å². The molecule has 0 aliphatic rings. The number of furan rings is 1. The quantitative estimate of drug-likeness (QED) is 0.130. The highest BCUT2D eigenvalue weighted by Gasteiger charge is 2.23. The zero-order valence-corrected chi connectivity index (χ0v) is 24.6. The Balaban J connectivity index is 1.23. The fourth-order valence-corrected chi connectivity index (χ4v) is 4.96. The normalized spacial score (nSPS) is 12.1. The van der Waals surface area contributed by atoms with Crippen LogP contribution in [-0.4, -0.2) is 33.4 Å². The number of imidazole rings is 1. The number of methoxy groups -OCH3 is 1. The van der Waals surface area contributed by atoms with Crippen LogP contribution in [0.15, 0.2) is 125 Å². The van der Waals surface area contributed by atoms with Crippen LogP contribution in [0.25, 0.3) is 22.5 Å². The van der Waals surface area contributed by atoms with Gasteiger partial charge in [-0.3, -0.25) is 9.78 Å². The van der Waals surface area contributed by atoms with Crippen molar-refractivity contribution >= 4 is 17.4 Å². The van der Waals surface area contributed by atoms with Crippen molar-refractivity contribution in [3.8, 4) is 28.2 Å². The number of amides is 1. The third-order valence-electron chi connectivity index (χ3n) is 7.27. The van der Waals surface area contributed by atoms with Gasteiger partial charge in [-0.25, -0.2) is 18.8 Å². The predicted octanol–water partition coefficient (Wildman–Crippen LogP) is 6.70. The lowest BCUT2D eigenvalue weighted by Crippen LogP contribution is -2.31. The van der Waals surface area contributed by atoms with Gasteiger partial charge in [0.2, 0.25) is 0 Å². The van der Waals surface area contributed by atoms with Gasteiger partial charge in [-0.15, -0.1) is 0 Å². The summed E-state index contributed by atoms with van der Waals surface area (Å²) in [6, 6.07) is 23.5. The van der Waals surface area contributed by atoms with Crippen LogP contribution in [0, 0.1) is 11.6 Å². The topological polar surface area (TPSA) is 121 Å². The van der Waals surface area contributed by atoms with Gasteiger partial charge < -0.3 is 24.8 Å². The Kier molecular flexibility index (Phi) is 8.64. The zero-order chi connectivity index (χ0) is 32.0. The first-order valence-corrected chi connectivity index (χ1v) is 14.2. The van der Waals surface area contributed by atoms with E-state index in [1.165, 1.54) is 31.4 Å². The van der Waals surface area contributed by atoms with Crippen LogP contribution in [-0.2, 0) is 6.54 Å². The molecule has 0 aliphatic carbocycles. The molecule has 0 saturated carbocycles. The van der Waals surface area contributed by atoms with E-state index in [2.05, 4.69) is 20.3 Å². The van der Waals surface area contributed by atoms with Gasteiger partial charge >= 0.3 is 0 Å². The van der Waals surface area contributed by atoms with Crippen molar-refractivity contribution in [2.45, 2.75) is 12.6 Å². The standard InChI is InChI=1S/C35H28F2N6O3/c1-45-33-19-25(41-34(38)29-4-2-3-15-40-29)10-12-27(33)31-13-14-32(46-31)35(44)42-30(20-43-17-16-39-21-43)26-11-7-23(18-28(26)37)22-5-8-24(36)9-6-22/h2-19,21,30H,20H2,1H3,(H2,38,41)(H,42,44)/t30-/m0/s1. The Bertz CT molecular complexity index is 1990. The molecule has 3 aromatic carbocycles. The molecular weight excluding hydrogens is 590 g/mol. The van der Waals surface area contributed by atoms with E-state index < -0.39 is 17.8 Å². The molecule has 3 heterocycles. The molecule has 0 saturated heterocycles. The van der Waals surface area contributed by atoms with Crippen molar-refractivity contribution in [3.63, 3.8) is 0 Å². The van der Waals surface area contributed by atoms with Crippen LogP contribution < -0.4 is 15.8 Å². The average molecular weight is 619 g/mol. The van der Waals surface area contributed by atoms with Gasteiger partial charge in [-0.05, 0) is 65.7 Å². The summed E-state index contributed by atoms with van der Waals surface area (Å²) in [5.74, 6) is -0.327. The Morgan fingerprint density at radius 3 is 2.54 bits per heavy atom. The number of hydrogen-bond donors (Lipinski definition) is 2. The van der Waals surface area contributed by atoms with E-state index in [1.807, 2.05) is 6.07 Å². The molecule has 1 atom stereocenters. The van der Waals surface area contributed by atoms with Crippen LogP contribution in [0.4, 0.5) is 14.5 Å². The molecular formula is C35H28F2N6O3. The molecule has 0 bridgehead atoms. The molecule has 9 nitrogen and oxygen atoms in total. The molecule has 3 aromatic heterocycles. The highest BCUT2D eigenvalue weighted by Crippen LogP contribution is 2.35. The van der Waals surface area contributed by atoms with Crippen molar-refractivity contribution < 1.29 is 22.7 Å². The largest absolute Gasteiger partial charge is 0.496 e. The molecule has 6 aromatic rings. The molecule has 0 spiro atoms. The number of nitrogens with one attached hydrogen (secondary N) is 1. The minimum Gasteiger partial charge on any atom is -0.496 e. The van der Waals surface area contributed by atoms with Gasteiger partial charge in [-0.2, -0.15) is 0 Å². The van der Waals surface area contributed by atoms with Crippen molar-refractivity contribution in [1.82, 2.24) is 19.9 Å². The molecule has 0 fully saturated rings. The first-order chi connectivity index (χ1) is 22.4. The number of amidine groups is 1. The van der Waals surface area contributed by atoms with Gasteiger partial charge in [0.05, 0.1) is 30.7 Å². The number of nitrogens with two attached hydrogens (primary N) is 1. The summed E-state index contributed by atoms with van der Waals surface area (Å²) >= 11 is 0. The van der Waals surface area contributed by atoms with Crippen LogP contribution in [0.5, 0.6) is 5.75 Å². The van der Waals surface area contributed by atoms with Crippen molar-refractivity contribution in [2.75, 3.05) is 7.11 Å². The van der Waals surface area contributed by atoms with Gasteiger partial charge in [-0.1, -0.05) is 30.3 Å². The van der Waals surface area contributed by atoms with E-state index in [4.69, 9.17) is 14.9 Å². The Morgan fingerprint density at radius 1 is 1.00 bits per heavy atom. The molecule has 0 radical (unpaired) electrons. The van der Waals surface area contributed by atoms with E-state index in [9.17, 15) is 9.18 Å². The molecule has 0 aliphatic heterocycles. The number of aliphatic imine (C=N–C) groups is 1. The number of halogens is 2. The molecule has 3 N–H and O–H groups in total. The number of pyridine rings is 1. The van der Waals surface area contributed by atoms with E-state index in [1.54, 1.807) is 90.1 Å². The zero-order valence-electron chi connectivity index (χ0n) is 24.6. The number of carbonyl (C=O) groups excluding carboxylic acids is 1. The van der Waals surface area contributed by atoms with Gasteiger partial charge in [0.1, 0.15) is 34.7 Å². The summed E-state index contributed by atoms with van der Waals surface area (Å²) in [7, 11) is 1.52. The molecule has 0 unspecified atom stereocenters. The lowest BCUT2D eigenvalue weighted by Gasteiger charge is -2.20. The van der Waals surface area contributed by atoms with Crippen LogP contribution in [0.1, 0.15) is 27.9 Å². The number of hydrogen-bond acceptors (Lipinski definition) is 6. The maximum atomic E-state index is 15.6.